The molecule has 6 rings (SSSR count). The van der Waals surface area contributed by atoms with Crippen molar-refractivity contribution in [3.05, 3.63) is 76.6 Å². The highest BCUT2D eigenvalue weighted by Gasteiger charge is 2.31. The van der Waals surface area contributed by atoms with Gasteiger partial charge in [0.25, 0.3) is 5.56 Å². The summed E-state index contributed by atoms with van der Waals surface area (Å²) in [6.07, 6.45) is 0.880. The van der Waals surface area contributed by atoms with E-state index in [0.717, 1.165) is 65.9 Å². The van der Waals surface area contributed by atoms with E-state index >= 15 is 0 Å². The van der Waals surface area contributed by atoms with E-state index in [1.807, 2.05) is 42.1 Å². The highest BCUT2D eigenvalue weighted by molar-refractivity contribution is 5.96. The number of aryl methyl sites for hydroxylation is 1. The zero-order valence-electron chi connectivity index (χ0n) is 24.4. The van der Waals surface area contributed by atoms with E-state index in [2.05, 4.69) is 33.0 Å². The number of aliphatic hydroxyl groups is 1. The summed E-state index contributed by atoms with van der Waals surface area (Å²) in [6, 6.07) is 19.4. The van der Waals surface area contributed by atoms with Crippen LogP contribution in [-0.2, 0) is 13.7 Å². The van der Waals surface area contributed by atoms with E-state index in [9.17, 15) is 19.8 Å². The molecule has 0 spiro atoms. The molecule has 0 saturated carbocycles. The average molecular weight is 587 g/mol. The van der Waals surface area contributed by atoms with Gasteiger partial charge in [-0.15, -0.1) is 0 Å². The number of hydrogen-bond acceptors (Lipinski definition) is 7. The maximum atomic E-state index is 12.2. The summed E-state index contributed by atoms with van der Waals surface area (Å²) in [5, 5.41) is 25.3. The molecule has 2 aliphatic rings. The van der Waals surface area contributed by atoms with Crippen LogP contribution in [0.4, 0.5) is 10.5 Å². The molecule has 3 N–H and O–H groups in total. The first-order valence-corrected chi connectivity index (χ1v) is 14.8. The molecule has 4 heterocycles. The van der Waals surface area contributed by atoms with Crippen LogP contribution in [0.15, 0.2) is 65.5 Å². The van der Waals surface area contributed by atoms with Crippen molar-refractivity contribution in [2.75, 3.05) is 50.8 Å². The molecule has 0 bridgehead atoms. The second-order valence-electron chi connectivity index (χ2n) is 11.5. The molecule has 2 aliphatic heterocycles. The van der Waals surface area contributed by atoms with Gasteiger partial charge in [-0.1, -0.05) is 30.3 Å². The van der Waals surface area contributed by atoms with Crippen molar-refractivity contribution in [1.82, 2.24) is 24.6 Å². The van der Waals surface area contributed by atoms with Gasteiger partial charge in [0.15, 0.2) is 0 Å². The molecule has 2 aromatic heterocycles. The smallest absolute Gasteiger partial charge is 0.407 e. The van der Waals surface area contributed by atoms with E-state index in [1.165, 1.54) is 11.0 Å². The number of fused-ring (bicyclic) bond motifs is 1. The van der Waals surface area contributed by atoms with Gasteiger partial charge in [-0.3, -0.25) is 19.4 Å². The summed E-state index contributed by atoms with van der Waals surface area (Å²) < 4.78 is 7.92. The maximum Gasteiger partial charge on any atom is 0.407 e. The van der Waals surface area contributed by atoms with Crippen molar-refractivity contribution < 1.29 is 19.7 Å². The Hall–Kier alpha value is -4.35. The second-order valence-corrected chi connectivity index (χ2v) is 11.5. The number of H-pyrrole nitrogens is 1. The molecule has 0 unspecified atom stereocenters. The van der Waals surface area contributed by atoms with Crippen molar-refractivity contribution in [2.45, 2.75) is 25.5 Å². The molecule has 0 aliphatic carbocycles. The number of aromatic amines is 1. The van der Waals surface area contributed by atoms with Gasteiger partial charge in [0.05, 0.1) is 23.7 Å². The lowest BCUT2D eigenvalue weighted by molar-refractivity contribution is 0.0747. The van der Waals surface area contributed by atoms with Crippen LogP contribution in [0.1, 0.15) is 18.4 Å². The number of benzene rings is 2. The second kappa shape index (κ2) is 12.5. The number of nitrogens with one attached hydrogen (secondary N) is 1. The zero-order chi connectivity index (χ0) is 29.9. The minimum Gasteiger partial charge on any atom is -0.474 e. The SMILES string of the molecule is Cn1nc(-c2ccc(=O)[nH]c2OCc2ccccc2)c2ccc(N3CCN(CC4CCN(C(=O)O)CC4)[C@H](CO)C3)cc21. The summed E-state index contributed by atoms with van der Waals surface area (Å²) >= 11 is 0. The fraction of sp³-hybridized carbons (Fsp3) is 0.406. The number of ether oxygens (including phenoxy) is 1. The van der Waals surface area contributed by atoms with Gasteiger partial charge >= 0.3 is 6.09 Å². The Balaban J connectivity index is 1.18. The molecule has 2 saturated heterocycles. The average Bonchev–Trinajstić information content (AvgIpc) is 3.36. The molecule has 226 valence electrons. The fourth-order valence-electron chi connectivity index (χ4n) is 6.31. The minimum atomic E-state index is -0.839. The van der Waals surface area contributed by atoms with Crippen molar-refractivity contribution in [3.8, 4) is 17.1 Å². The minimum absolute atomic E-state index is 0.00881. The topological polar surface area (TPSA) is 127 Å². The largest absolute Gasteiger partial charge is 0.474 e. The monoisotopic (exact) mass is 586 g/mol. The number of amides is 1. The predicted octanol–water partition coefficient (Wildman–Crippen LogP) is 3.38. The van der Waals surface area contributed by atoms with Crippen LogP contribution in [0.3, 0.4) is 0 Å². The number of likely N-dealkylation sites (tertiary alicyclic amines) is 1. The van der Waals surface area contributed by atoms with Gasteiger partial charge in [-0.05, 0) is 48.6 Å². The predicted molar refractivity (Wildman–Crippen MR) is 165 cm³/mol. The van der Waals surface area contributed by atoms with E-state index in [-0.39, 0.29) is 18.2 Å². The van der Waals surface area contributed by atoms with Gasteiger partial charge in [0, 0.05) is 63.5 Å². The molecule has 1 atom stereocenters. The lowest BCUT2D eigenvalue weighted by Crippen LogP contribution is -2.56. The van der Waals surface area contributed by atoms with Crippen LogP contribution in [0.5, 0.6) is 5.88 Å². The van der Waals surface area contributed by atoms with Crippen LogP contribution in [0.2, 0.25) is 0 Å². The fourth-order valence-corrected chi connectivity index (χ4v) is 6.31. The van der Waals surface area contributed by atoms with E-state index < -0.39 is 6.09 Å². The van der Waals surface area contributed by atoms with Crippen molar-refractivity contribution >= 4 is 22.7 Å². The molecule has 4 aromatic rings. The van der Waals surface area contributed by atoms with Crippen LogP contribution >= 0.6 is 0 Å². The summed E-state index contributed by atoms with van der Waals surface area (Å²) in [7, 11) is 1.91. The Morgan fingerprint density at radius 1 is 1.05 bits per heavy atom. The van der Waals surface area contributed by atoms with Gasteiger partial charge in [-0.2, -0.15) is 5.10 Å². The normalized spacial score (nSPS) is 18.3. The number of carbonyl (C=O) groups is 1. The number of nitrogens with zero attached hydrogens (tertiary/aromatic N) is 5. The Labute approximate surface area is 249 Å². The molecule has 11 heteroatoms. The highest BCUT2D eigenvalue weighted by atomic mass is 16.5. The number of aromatic nitrogens is 3. The van der Waals surface area contributed by atoms with Crippen LogP contribution < -0.4 is 15.2 Å². The third-order valence-corrected chi connectivity index (χ3v) is 8.76. The molecule has 1 amide bonds. The first-order valence-electron chi connectivity index (χ1n) is 14.8. The van der Waals surface area contributed by atoms with Crippen LogP contribution in [0, 0.1) is 5.92 Å². The third-order valence-electron chi connectivity index (χ3n) is 8.76. The van der Waals surface area contributed by atoms with Crippen molar-refractivity contribution in [2.24, 2.45) is 13.0 Å². The lowest BCUT2D eigenvalue weighted by Gasteiger charge is -2.44. The number of rotatable bonds is 8. The van der Waals surface area contributed by atoms with Gasteiger partial charge in [0.1, 0.15) is 12.3 Å². The summed E-state index contributed by atoms with van der Waals surface area (Å²) in [5.41, 5.74) is 4.24. The van der Waals surface area contributed by atoms with Gasteiger partial charge < -0.3 is 24.7 Å². The molecule has 0 radical (unpaired) electrons. The van der Waals surface area contributed by atoms with Crippen LogP contribution in [0.25, 0.3) is 22.2 Å². The number of piperazine rings is 1. The highest BCUT2D eigenvalue weighted by Crippen LogP contribution is 2.35. The van der Waals surface area contributed by atoms with E-state index in [1.54, 1.807) is 6.07 Å². The number of hydrogen-bond donors (Lipinski definition) is 3. The number of aliphatic hydroxyl groups excluding tert-OH is 1. The Kier molecular flexibility index (Phi) is 8.35. The quantitative estimate of drug-likeness (QED) is 0.287. The maximum absolute atomic E-state index is 12.2. The third kappa shape index (κ3) is 6.23. The van der Waals surface area contributed by atoms with Crippen molar-refractivity contribution in [1.29, 1.82) is 0 Å². The summed E-state index contributed by atoms with van der Waals surface area (Å²) in [6.45, 7) is 4.80. The van der Waals surface area contributed by atoms with E-state index in [0.29, 0.717) is 38.0 Å². The molecule has 43 heavy (non-hydrogen) atoms. The van der Waals surface area contributed by atoms with Crippen molar-refractivity contribution in [3.63, 3.8) is 0 Å². The Morgan fingerprint density at radius 2 is 1.84 bits per heavy atom. The molecular weight excluding hydrogens is 548 g/mol. The number of carboxylic acid groups (broad SMARTS) is 1. The summed E-state index contributed by atoms with van der Waals surface area (Å²) in [5.74, 6) is 0.825. The Bertz CT molecular complexity index is 1630. The Morgan fingerprint density at radius 3 is 2.58 bits per heavy atom. The van der Waals surface area contributed by atoms with Gasteiger partial charge in [-0.25, -0.2) is 4.79 Å². The first-order chi connectivity index (χ1) is 20.9. The van der Waals surface area contributed by atoms with Gasteiger partial charge in [0.2, 0.25) is 5.88 Å². The number of pyridine rings is 1. The standard InChI is InChI=1S/C32H38N6O5/c1-35-28-17-24(38-16-15-37(25(19-38)20-39)18-22-11-13-36(14-12-22)32(41)42)7-8-26(28)30(34-35)27-9-10-29(40)33-31(27)43-21-23-5-3-2-4-6-23/h2-10,17,22,25,39H,11-16,18-21H2,1H3,(H,33,40)(H,41,42)/t25-/m0/s1. The molecular formula is C32H38N6O5. The number of piperidine rings is 1. The zero-order valence-corrected chi connectivity index (χ0v) is 24.4. The first kappa shape index (κ1) is 28.8. The van der Waals surface area contributed by atoms with E-state index in [4.69, 9.17) is 9.84 Å². The summed E-state index contributed by atoms with van der Waals surface area (Å²) in [4.78, 5) is 32.5. The number of anilines is 1. The lowest BCUT2D eigenvalue weighted by atomic mass is 9.95. The molecule has 2 aromatic carbocycles. The molecule has 11 nitrogen and oxygen atoms in total. The molecule has 2 fully saturated rings. The van der Waals surface area contributed by atoms with Crippen LogP contribution in [-0.4, -0.2) is 92.8 Å².